The zero-order chi connectivity index (χ0) is 12.2. The Kier molecular flexibility index (Phi) is 5.26. The largest absolute Gasteiger partial charge is 0.377 e. The molecule has 1 atom stereocenters. The van der Waals surface area contributed by atoms with Gasteiger partial charge < -0.3 is 10.1 Å². The summed E-state index contributed by atoms with van der Waals surface area (Å²) >= 11 is 0. The van der Waals surface area contributed by atoms with Gasteiger partial charge in [0, 0.05) is 13.2 Å². The molecule has 2 nitrogen and oxygen atoms in total. The van der Waals surface area contributed by atoms with E-state index in [-0.39, 0.29) is 5.60 Å². The minimum Gasteiger partial charge on any atom is -0.377 e. The molecule has 1 aliphatic rings. The number of hydrogen-bond acceptors (Lipinski definition) is 2. The molecule has 1 aliphatic carbocycles. The number of methoxy groups -OCH3 is 1. The molecule has 0 bridgehead atoms. The van der Waals surface area contributed by atoms with E-state index in [0.717, 1.165) is 12.5 Å². The maximum absolute atomic E-state index is 5.94. The summed E-state index contributed by atoms with van der Waals surface area (Å²) in [5.74, 6) is 1.51. The van der Waals surface area contributed by atoms with Crippen molar-refractivity contribution >= 4 is 0 Å². The molecule has 2 heteroatoms. The predicted molar refractivity (Wildman–Crippen MR) is 69.7 cm³/mol. The van der Waals surface area contributed by atoms with Crippen molar-refractivity contribution in [3.63, 3.8) is 0 Å². The maximum atomic E-state index is 5.94. The van der Waals surface area contributed by atoms with Gasteiger partial charge in [-0.15, -0.1) is 0 Å². The SMILES string of the molecule is CCNC(C(C)C)C1(OC)CCC(C)CC1. The molecule has 16 heavy (non-hydrogen) atoms. The van der Waals surface area contributed by atoms with Crippen molar-refractivity contribution in [1.82, 2.24) is 5.32 Å². The third-order valence-electron chi connectivity index (χ3n) is 4.18. The normalized spacial score (nSPS) is 33.0. The molecule has 0 spiro atoms. The van der Waals surface area contributed by atoms with Crippen molar-refractivity contribution in [3.05, 3.63) is 0 Å². The van der Waals surface area contributed by atoms with Crippen LogP contribution in [0, 0.1) is 11.8 Å². The second kappa shape index (κ2) is 6.02. The predicted octanol–water partition coefficient (Wildman–Crippen LogP) is 3.22. The molecular formula is C14H29NO. The highest BCUT2D eigenvalue weighted by molar-refractivity contribution is 4.97. The summed E-state index contributed by atoms with van der Waals surface area (Å²) in [4.78, 5) is 0. The van der Waals surface area contributed by atoms with Crippen LogP contribution in [0.4, 0.5) is 0 Å². The number of ether oxygens (including phenoxy) is 1. The summed E-state index contributed by atoms with van der Waals surface area (Å²) in [6.45, 7) is 10.2. The first-order valence-electron chi connectivity index (χ1n) is 6.84. The summed E-state index contributed by atoms with van der Waals surface area (Å²) in [6.07, 6.45) is 5.03. The molecular weight excluding hydrogens is 198 g/mol. The van der Waals surface area contributed by atoms with Crippen molar-refractivity contribution in [2.24, 2.45) is 11.8 Å². The molecule has 1 rings (SSSR count). The maximum Gasteiger partial charge on any atom is 0.0833 e. The van der Waals surface area contributed by atoms with Gasteiger partial charge in [0.05, 0.1) is 5.60 Å². The van der Waals surface area contributed by atoms with Crippen LogP contribution in [-0.4, -0.2) is 25.3 Å². The van der Waals surface area contributed by atoms with E-state index in [9.17, 15) is 0 Å². The highest BCUT2D eigenvalue weighted by Gasteiger charge is 2.42. The highest BCUT2D eigenvalue weighted by atomic mass is 16.5. The Hall–Kier alpha value is -0.0800. The van der Waals surface area contributed by atoms with Crippen LogP contribution >= 0.6 is 0 Å². The first-order valence-corrected chi connectivity index (χ1v) is 6.84. The minimum atomic E-state index is 0.0800. The zero-order valence-electron chi connectivity index (χ0n) is 11.7. The minimum absolute atomic E-state index is 0.0800. The number of hydrogen-bond donors (Lipinski definition) is 1. The van der Waals surface area contributed by atoms with Gasteiger partial charge >= 0.3 is 0 Å². The third kappa shape index (κ3) is 2.98. The van der Waals surface area contributed by atoms with Crippen LogP contribution in [0.25, 0.3) is 0 Å². The van der Waals surface area contributed by atoms with Gasteiger partial charge in [0.25, 0.3) is 0 Å². The van der Waals surface area contributed by atoms with E-state index < -0.39 is 0 Å². The highest BCUT2D eigenvalue weighted by Crippen LogP contribution is 2.38. The number of rotatable bonds is 5. The molecule has 0 aromatic rings. The smallest absolute Gasteiger partial charge is 0.0833 e. The molecule has 1 N–H and O–H groups in total. The van der Waals surface area contributed by atoms with Crippen LogP contribution < -0.4 is 5.32 Å². The molecule has 0 saturated heterocycles. The Bertz CT molecular complexity index is 195. The van der Waals surface area contributed by atoms with E-state index >= 15 is 0 Å². The lowest BCUT2D eigenvalue weighted by molar-refractivity contribution is -0.0846. The first kappa shape index (κ1) is 14.0. The lowest BCUT2D eigenvalue weighted by atomic mass is 9.72. The van der Waals surface area contributed by atoms with Crippen LogP contribution in [0.5, 0.6) is 0 Å². The van der Waals surface area contributed by atoms with Crippen molar-refractivity contribution < 1.29 is 4.74 Å². The molecule has 1 fully saturated rings. The van der Waals surface area contributed by atoms with Gasteiger partial charge in [-0.2, -0.15) is 0 Å². The van der Waals surface area contributed by atoms with E-state index in [1.165, 1.54) is 25.7 Å². The average molecular weight is 227 g/mol. The average Bonchev–Trinajstić information content (AvgIpc) is 2.28. The molecule has 96 valence electrons. The van der Waals surface area contributed by atoms with E-state index in [1.54, 1.807) is 0 Å². The first-order chi connectivity index (χ1) is 7.55. The van der Waals surface area contributed by atoms with Crippen molar-refractivity contribution in [3.8, 4) is 0 Å². The quantitative estimate of drug-likeness (QED) is 0.778. The Morgan fingerprint density at radius 1 is 1.31 bits per heavy atom. The Morgan fingerprint density at radius 2 is 1.88 bits per heavy atom. The zero-order valence-corrected chi connectivity index (χ0v) is 11.7. The van der Waals surface area contributed by atoms with E-state index in [0.29, 0.717) is 12.0 Å². The second-order valence-corrected chi connectivity index (χ2v) is 5.73. The van der Waals surface area contributed by atoms with Crippen molar-refractivity contribution in [2.75, 3.05) is 13.7 Å². The van der Waals surface area contributed by atoms with Crippen LogP contribution in [0.3, 0.4) is 0 Å². The summed E-state index contributed by atoms with van der Waals surface area (Å²) < 4.78 is 5.94. The van der Waals surface area contributed by atoms with Crippen LogP contribution in [0.15, 0.2) is 0 Å². The van der Waals surface area contributed by atoms with Gasteiger partial charge in [-0.05, 0) is 44.1 Å². The van der Waals surface area contributed by atoms with Gasteiger partial charge in [-0.1, -0.05) is 27.7 Å². The Labute approximate surface area is 101 Å². The standard InChI is InChI=1S/C14H29NO/c1-6-15-13(11(2)3)14(16-5)9-7-12(4)8-10-14/h11-13,15H,6-10H2,1-5H3. The summed E-state index contributed by atoms with van der Waals surface area (Å²) in [5.41, 5.74) is 0.0800. The lowest BCUT2D eigenvalue weighted by Gasteiger charge is -2.46. The van der Waals surface area contributed by atoms with Gasteiger partial charge in [0.15, 0.2) is 0 Å². The second-order valence-electron chi connectivity index (χ2n) is 5.73. The number of likely N-dealkylation sites (N-methyl/N-ethyl adjacent to an activating group) is 1. The molecule has 0 amide bonds. The fourth-order valence-electron chi connectivity index (χ4n) is 3.14. The van der Waals surface area contributed by atoms with Crippen LogP contribution in [-0.2, 0) is 4.74 Å². The van der Waals surface area contributed by atoms with E-state index in [4.69, 9.17) is 4.74 Å². The fraction of sp³-hybridized carbons (Fsp3) is 1.00. The monoisotopic (exact) mass is 227 g/mol. The Morgan fingerprint density at radius 3 is 2.25 bits per heavy atom. The van der Waals surface area contributed by atoms with E-state index in [1.807, 2.05) is 7.11 Å². The van der Waals surface area contributed by atoms with Crippen molar-refractivity contribution in [2.45, 2.75) is 65.0 Å². The Balaban J connectivity index is 2.75. The fourth-order valence-corrected chi connectivity index (χ4v) is 3.14. The molecule has 1 unspecified atom stereocenters. The molecule has 0 aromatic carbocycles. The summed E-state index contributed by atoms with van der Waals surface area (Å²) in [6, 6.07) is 0.495. The van der Waals surface area contributed by atoms with Crippen molar-refractivity contribution in [1.29, 1.82) is 0 Å². The van der Waals surface area contributed by atoms with Crippen LogP contribution in [0.2, 0.25) is 0 Å². The van der Waals surface area contributed by atoms with Crippen LogP contribution in [0.1, 0.15) is 53.4 Å². The molecule has 0 radical (unpaired) electrons. The van der Waals surface area contributed by atoms with Gasteiger partial charge in [-0.25, -0.2) is 0 Å². The molecule has 0 aromatic heterocycles. The molecule has 1 saturated carbocycles. The topological polar surface area (TPSA) is 21.3 Å². The van der Waals surface area contributed by atoms with E-state index in [2.05, 4.69) is 33.0 Å². The lowest BCUT2D eigenvalue weighted by Crippen LogP contribution is -2.56. The summed E-state index contributed by atoms with van der Waals surface area (Å²) in [5, 5.41) is 3.63. The van der Waals surface area contributed by atoms with Gasteiger partial charge in [0.1, 0.15) is 0 Å². The van der Waals surface area contributed by atoms with Gasteiger partial charge in [-0.3, -0.25) is 0 Å². The third-order valence-corrected chi connectivity index (χ3v) is 4.18. The number of nitrogens with one attached hydrogen (secondary N) is 1. The molecule has 0 heterocycles. The molecule has 0 aliphatic heterocycles. The summed E-state index contributed by atoms with van der Waals surface area (Å²) in [7, 11) is 1.89. The van der Waals surface area contributed by atoms with Gasteiger partial charge in [0.2, 0.25) is 0 Å².